The van der Waals surface area contributed by atoms with Gasteiger partial charge in [0.2, 0.25) is 5.88 Å². The number of hydrogen-bond donors (Lipinski definition) is 2. The molecule has 0 saturated carbocycles. The number of anilines is 1. The van der Waals surface area contributed by atoms with E-state index >= 15 is 0 Å². The van der Waals surface area contributed by atoms with E-state index in [1.54, 1.807) is 18.2 Å². The van der Waals surface area contributed by atoms with Crippen LogP contribution < -0.4 is 20.8 Å². The minimum Gasteiger partial charge on any atom is -0.492 e. The molecule has 2 aliphatic rings. The van der Waals surface area contributed by atoms with Gasteiger partial charge in [0, 0.05) is 25.1 Å². The van der Waals surface area contributed by atoms with Crippen LogP contribution in [0.25, 0.3) is 5.57 Å². The molecule has 1 fully saturated rings. The number of benzene rings is 2. The monoisotopic (exact) mass is 567 g/mol. The fraction of sp³-hybridized carbons (Fsp3) is 0.346. The first-order chi connectivity index (χ1) is 18.4. The fourth-order valence-corrected chi connectivity index (χ4v) is 5.82. The predicted molar refractivity (Wildman–Crippen MR) is 136 cm³/mol. The van der Waals surface area contributed by atoms with E-state index in [-0.39, 0.29) is 28.4 Å². The minimum absolute atomic E-state index is 0.129. The number of rotatable bonds is 5. The molecule has 2 aromatic carbocycles. The minimum atomic E-state index is -5.03. The van der Waals surface area contributed by atoms with Crippen molar-refractivity contribution in [2.75, 3.05) is 25.0 Å². The summed E-state index contributed by atoms with van der Waals surface area (Å²) in [6.45, 7) is 1.65. The van der Waals surface area contributed by atoms with E-state index in [4.69, 9.17) is 0 Å². The number of nitrogens with one attached hydrogen (secondary N) is 1. The van der Waals surface area contributed by atoms with E-state index in [1.807, 2.05) is 11.9 Å². The number of halogens is 6. The van der Waals surface area contributed by atoms with Crippen molar-refractivity contribution in [3.05, 3.63) is 74.1 Å². The van der Waals surface area contributed by atoms with E-state index in [9.17, 15) is 31.4 Å². The summed E-state index contributed by atoms with van der Waals surface area (Å²) in [5, 5.41) is 23.5. The standard InChI is InChI=1S/C26H23F6N5OS/c1-37(18-6-8-33-9-7-18)24-35-23(38)22(39-24)19(14-3-5-21-16(10-14)13-34-36-21)11-15-2-4-17(25(27,28)29)12-20(15)26(30,31)32/h2-5,10,12-13,18,33,38H,6-9,11H2,1H3. The summed E-state index contributed by atoms with van der Waals surface area (Å²) in [6.07, 6.45) is -7.14. The molecule has 206 valence electrons. The third kappa shape index (κ3) is 5.64. The molecule has 6 nitrogen and oxygen atoms in total. The molecule has 5 rings (SSSR count). The largest absolute Gasteiger partial charge is 0.492 e. The van der Waals surface area contributed by atoms with Gasteiger partial charge in [0.1, 0.15) is 0 Å². The SMILES string of the molecule is CN(c1nc(O)c(C(Cc2ccc(C(F)(F)F)cc2C(F)(F)F)=c2ccc3c(c2)C=NN=3)s1)C1CCNCC1. The van der Waals surface area contributed by atoms with E-state index in [0.29, 0.717) is 32.9 Å². The van der Waals surface area contributed by atoms with Crippen LogP contribution in [0.3, 0.4) is 0 Å². The molecule has 0 bridgehead atoms. The zero-order chi connectivity index (χ0) is 27.9. The molecule has 1 aromatic heterocycles. The molecule has 39 heavy (non-hydrogen) atoms. The summed E-state index contributed by atoms with van der Waals surface area (Å²) in [5.74, 6) is -0.356. The van der Waals surface area contributed by atoms with Gasteiger partial charge >= 0.3 is 12.4 Å². The number of nitrogens with zero attached hydrogens (tertiary/aromatic N) is 4. The van der Waals surface area contributed by atoms with Crippen molar-refractivity contribution >= 4 is 28.3 Å². The van der Waals surface area contributed by atoms with Crippen molar-refractivity contribution < 1.29 is 31.4 Å². The normalized spacial score (nSPS) is 16.7. The zero-order valence-corrected chi connectivity index (χ0v) is 21.4. The Hall–Kier alpha value is -3.45. The van der Waals surface area contributed by atoms with Crippen LogP contribution in [0.15, 0.2) is 46.6 Å². The smallest absolute Gasteiger partial charge is 0.416 e. The molecule has 3 aromatic rings. The Kier molecular flexibility index (Phi) is 7.14. The summed E-state index contributed by atoms with van der Waals surface area (Å²) >= 11 is 1.13. The number of aromatic nitrogens is 1. The molecule has 0 unspecified atom stereocenters. The maximum atomic E-state index is 14.0. The Morgan fingerprint density at radius 3 is 2.49 bits per heavy atom. The van der Waals surface area contributed by atoms with Crippen LogP contribution in [0.4, 0.5) is 31.5 Å². The lowest BCUT2D eigenvalue weighted by molar-refractivity contribution is -0.143. The van der Waals surface area contributed by atoms with Gasteiger partial charge in [-0.1, -0.05) is 23.5 Å². The van der Waals surface area contributed by atoms with Gasteiger partial charge in [0.25, 0.3) is 0 Å². The molecule has 0 aliphatic carbocycles. The van der Waals surface area contributed by atoms with Gasteiger partial charge in [0.15, 0.2) is 5.13 Å². The van der Waals surface area contributed by atoms with E-state index in [1.165, 1.54) is 6.21 Å². The predicted octanol–water partition coefficient (Wildman–Crippen LogP) is 4.48. The van der Waals surface area contributed by atoms with Gasteiger partial charge in [-0.15, -0.1) is 0 Å². The first-order valence-corrected chi connectivity index (χ1v) is 12.9. The molecule has 2 aliphatic heterocycles. The maximum absolute atomic E-state index is 14.0. The van der Waals surface area contributed by atoms with Crippen LogP contribution in [0, 0.1) is 0 Å². The number of fused-ring (bicyclic) bond motifs is 1. The Bertz CT molecular complexity index is 1540. The fourth-order valence-electron chi connectivity index (χ4n) is 4.76. The Labute approximate surface area is 223 Å². The molecule has 0 amide bonds. The van der Waals surface area contributed by atoms with Crippen molar-refractivity contribution in [1.82, 2.24) is 10.3 Å². The second-order valence-corrected chi connectivity index (χ2v) is 10.4. The van der Waals surface area contributed by atoms with Gasteiger partial charge in [0.05, 0.1) is 27.6 Å². The first-order valence-electron chi connectivity index (χ1n) is 12.1. The molecule has 2 N–H and O–H groups in total. The molecule has 0 radical (unpaired) electrons. The average molecular weight is 568 g/mol. The van der Waals surface area contributed by atoms with Crippen molar-refractivity contribution in [2.24, 2.45) is 10.2 Å². The first kappa shape index (κ1) is 27.1. The second-order valence-electron chi connectivity index (χ2n) is 9.38. The lowest BCUT2D eigenvalue weighted by Crippen LogP contribution is -2.41. The van der Waals surface area contributed by atoms with Crippen LogP contribution in [-0.4, -0.2) is 42.5 Å². The number of alkyl halides is 6. The third-order valence-corrected chi connectivity index (χ3v) is 8.07. The number of thiazole rings is 1. The van der Waals surface area contributed by atoms with Gasteiger partial charge in [-0.2, -0.15) is 41.5 Å². The van der Waals surface area contributed by atoms with Gasteiger partial charge in [-0.25, -0.2) is 0 Å². The lowest BCUT2D eigenvalue weighted by atomic mass is 9.94. The average Bonchev–Trinajstić information content (AvgIpc) is 3.52. The van der Waals surface area contributed by atoms with E-state index < -0.39 is 29.9 Å². The summed E-state index contributed by atoms with van der Waals surface area (Å²) in [6, 6.07) is 6.74. The van der Waals surface area contributed by atoms with Gasteiger partial charge in [-0.05, 0) is 66.6 Å². The summed E-state index contributed by atoms with van der Waals surface area (Å²) in [7, 11) is 1.85. The maximum Gasteiger partial charge on any atom is 0.416 e. The Morgan fingerprint density at radius 1 is 1.05 bits per heavy atom. The van der Waals surface area contributed by atoms with Crippen LogP contribution in [0.5, 0.6) is 5.88 Å². The molecule has 0 atom stereocenters. The molecular weight excluding hydrogens is 544 g/mol. The second kappa shape index (κ2) is 10.3. The van der Waals surface area contributed by atoms with Crippen LogP contribution >= 0.6 is 11.3 Å². The molecular formula is C26H23F6N5OS. The summed E-state index contributed by atoms with van der Waals surface area (Å²) in [5.41, 5.74) is -2.20. The van der Waals surface area contributed by atoms with Crippen molar-refractivity contribution in [2.45, 2.75) is 37.7 Å². The lowest BCUT2D eigenvalue weighted by Gasteiger charge is -2.31. The summed E-state index contributed by atoms with van der Waals surface area (Å²) < 4.78 is 81.7. The van der Waals surface area contributed by atoms with E-state index in [2.05, 4.69) is 20.5 Å². The van der Waals surface area contributed by atoms with Crippen molar-refractivity contribution in [1.29, 1.82) is 0 Å². The highest BCUT2D eigenvalue weighted by Crippen LogP contribution is 2.41. The molecule has 1 saturated heterocycles. The van der Waals surface area contributed by atoms with Crippen molar-refractivity contribution in [3.8, 4) is 5.88 Å². The molecule has 3 heterocycles. The van der Waals surface area contributed by atoms with Crippen molar-refractivity contribution in [3.63, 3.8) is 0 Å². The zero-order valence-electron chi connectivity index (χ0n) is 20.6. The number of aromatic hydroxyl groups is 1. The van der Waals surface area contributed by atoms with Crippen LogP contribution in [-0.2, 0) is 18.8 Å². The van der Waals surface area contributed by atoms with Gasteiger partial charge in [-0.3, -0.25) is 0 Å². The van der Waals surface area contributed by atoms with Gasteiger partial charge < -0.3 is 15.3 Å². The third-order valence-electron chi connectivity index (χ3n) is 6.88. The summed E-state index contributed by atoms with van der Waals surface area (Å²) in [4.78, 5) is 6.49. The number of hydrogen-bond acceptors (Lipinski definition) is 7. The topological polar surface area (TPSA) is 73.1 Å². The molecule has 13 heteroatoms. The van der Waals surface area contributed by atoms with Crippen LogP contribution in [0.1, 0.15) is 40.0 Å². The highest BCUT2D eigenvalue weighted by atomic mass is 32.1. The highest BCUT2D eigenvalue weighted by Gasteiger charge is 2.38. The quantitative estimate of drug-likeness (QED) is 0.446. The number of piperidine rings is 1. The molecule has 0 spiro atoms. The van der Waals surface area contributed by atoms with Crippen LogP contribution in [0.2, 0.25) is 0 Å². The highest BCUT2D eigenvalue weighted by molar-refractivity contribution is 7.17. The van der Waals surface area contributed by atoms with E-state index in [0.717, 1.165) is 43.3 Å². The Morgan fingerprint density at radius 2 is 1.79 bits per heavy atom. The Balaban J connectivity index is 1.65.